The van der Waals surface area contributed by atoms with Crippen molar-refractivity contribution in [1.82, 2.24) is 0 Å². The fraction of sp³-hybridized carbons (Fsp3) is 0.962. The van der Waals surface area contributed by atoms with Gasteiger partial charge in [-0.25, -0.2) is 0 Å². The molecule has 0 aromatic carbocycles. The van der Waals surface area contributed by atoms with Gasteiger partial charge >= 0.3 is 5.97 Å². The van der Waals surface area contributed by atoms with E-state index >= 15 is 0 Å². The Kier molecular flexibility index (Phi) is 83.9. The van der Waals surface area contributed by atoms with Gasteiger partial charge in [-0.2, -0.15) is 0 Å². The number of esters is 1. The first kappa shape index (κ1) is 41.8. The van der Waals surface area contributed by atoms with Gasteiger partial charge in [-0.15, -0.1) is 0 Å². The minimum atomic E-state index is -0.132. The lowest BCUT2D eigenvalue weighted by Gasteiger charge is -2.20. The molecule has 0 aromatic heterocycles. The van der Waals surface area contributed by atoms with Gasteiger partial charge in [0.05, 0.1) is 0 Å². The molecule has 0 radical (unpaired) electrons. The lowest BCUT2D eigenvalue weighted by atomic mass is 9.98. The van der Waals surface area contributed by atoms with E-state index in [4.69, 9.17) is 4.74 Å². The number of rotatable bonds is 1. The maximum Gasteiger partial charge on any atom is 0.302 e. The molecule has 2 nitrogen and oxygen atoms in total. The molecule has 0 heterocycles. The smallest absolute Gasteiger partial charge is 0.302 e. The SMILES string of the molecule is C1CCCCC1.CC.CC.CC.CC.CC.CC.CC(=O)OC1CCCCC1. The molecule has 2 rings (SSSR count). The van der Waals surface area contributed by atoms with Gasteiger partial charge in [-0.1, -0.05) is 128 Å². The van der Waals surface area contributed by atoms with Gasteiger partial charge in [-0.3, -0.25) is 4.79 Å². The van der Waals surface area contributed by atoms with Crippen molar-refractivity contribution in [2.45, 2.75) is 167 Å². The van der Waals surface area contributed by atoms with Crippen molar-refractivity contribution in [3.63, 3.8) is 0 Å². The standard InChI is InChI=1S/C8H14O2.C6H12.6C2H6/c1-7(9)10-8-5-3-2-4-6-8;1-2-4-6-5-3-1;6*1-2/h8H,2-6H2,1H3;1-6H2;6*1-2H3. The minimum absolute atomic E-state index is 0.132. The van der Waals surface area contributed by atoms with Crippen LogP contribution in [0.2, 0.25) is 0 Å². The Morgan fingerprint density at radius 2 is 0.714 bits per heavy atom. The van der Waals surface area contributed by atoms with Crippen LogP contribution in [0.5, 0.6) is 0 Å². The van der Waals surface area contributed by atoms with Crippen molar-refractivity contribution in [3.8, 4) is 0 Å². The Balaban J connectivity index is -0.0000000582. The second kappa shape index (κ2) is 56.3. The first-order valence-corrected chi connectivity index (χ1v) is 13.0. The molecule has 2 aliphatic rings. The van der Waals surface area contributed by atoms with Gasteiger partial charge in [-0.05, 0) is 25.7 Å². The third-order valence-corrected chi connectivity index (χ3v) is 3.38. The van der Waals surface area contributed by atoms with Gasteiger partial charge in [0.15, 0.2) is 0 Å². The highest BCUT2D eigenvalue weighted by Gasteiger charge is 2.14. The molecule has 2 fully saturated rings. The fourth-order valence-corrected chi connectivity index (χ4v) is 2.48. The second-order valence-electron chi connectivity index (χ2n) is 4.99. The van der Waals surface area contributed by atoms with E-state index in [0.717, 1.165) is 12.8 Å². The van der Waals surface area contributed by atoms with Crippen molar-refractivity contribution in [1.29, 1.82) is 0 Å². The van der Waals surface area contributed by atoms with Crippen molar-refractivity contribution in [2.24, 2.45) is 0 Å². The van der Waals surface area contributed by atoms with Crippen LogP contribution in [0, 0.1) is 0 Å². The summed E-state index contributed by atoms with van der Waals surface area (Å²) in [6.45, 7) is 25.5. The van der Waals surface area contributed by atoms with Crippen LogP contribution in [0.15, 0.2) is 0 Å². The van der Waals surface area contributed by atoms with Gasteiger partial charge in [0, 0.05) is 6.92 Å². The Morgan fingerprint density at radius 3 is 0.929 bits per heavy atom. The molecular formula is C26H62O2. The summed E-state index contributed by atoms with van der Waals surface area (Å²) in [7, 11) is 0. The summed E-state index contributed by atoms with van der Waals surface area (Å²) in [4.78, 5) is 10.5. The number of carbonyl (C=O) groups is 1. The predicted octanol–water partition coefficient (Wildman–Crippen LogP) is 10.4. The third-order valence-electron chi connectivity index (χ3n) is 3.38. The number of carbonyl (C=O) groups excluding carboxylic acids is 1. The zero-order chi connectivity index (χ0) is 23.6. The van der Waals surface area contributed by atoms with E-state index in [-0.39, 0.29) is 12.1 Å². The summed E-state index contributed by atoms with van der Waals surface area (Å²) in [6, 6.07) is 0. The molecule has 0 bridgehead atoms. The van der Waals surface area contributed by atoms with Crippen molar-refractivity contribution in [2.75, 3.05) is 0 Å². The first-order chi connectivity index (χ1) is 13.8. The first-order valence-electron chi connectivity index (χ1n) is 13.0. The van der Waals surface area contributed by atoms with E-state index in [1.807, 2.05) is 83.1 Å². The van der Waals surface area contributed by atoms with Crippen LogP contribution in [0.1, 0.15) is 161 Å². The lowest BCUT2D eigenvalue weighted by Crippen LogP contribution is -2.18. The highest BCUT2D eigenvalue weighted by Crippen LogP contribution is 2.20. The van der Waals surface area contributed by atoms with E-state index < -0.39 is 0 Å². The summed E-state index contributed by atoms with van der Waals surface area (Å²) in [5.41, 5.74) is 0. The maximum atomic E-state index is 10.5. The topological polar surface area (TPSA) is 26.3 Å². The molecule has 2 aliphatic carbocycles. The van der Waals surface area contributed by atoms with Crippen LogP contribution in [0.3, 0.4) is 0 Å². The zero-order valence-corrected chi connectivity index (χ0v) is 22.7. The Labute approximate surface area is 182 Å². The highest BCUT2D eigenvalue weighted by molar-refractivity contribution is 5.66. The normalized spacial score (nSPS) is 13.8. The largest absolute Gasteiger partial charge is 0.463 e. The molecule has 0 atom stereocenters. The lowest BCUT2D eigenvalue weighted by molar-refractivity contribution is -0.147. The Morgan fingerprint density at radius 1 is 0.500 bits per heavy atom. The molecule has 2 saturated carbocycles. The number of hydrogen-bond acceptors (Lipinski definition) is 2. The van der Waals surface area contributed by atoms with Crippen LogP contribution in [0.4, 0.5) is 0 Å². The average molecular weight is 407 g/mol. The predicted molar refractivity (Wildman–Crippen MR) is 134 cm³/mol. The molecule has 0 unspecified atom stereocenters. The molecule has 0 N–H and O–H groups in total. The highest BCUT2D eigenvalue weighted by atomic mass is 16.5. The average Bonchev–Trinajstić information content (AvgIpc) is 2.84. The van der Waals surface area contributed by atoms with Crippen LogP contribution >= 0.6 is 0 Å². The van der Waals surface area contributed by atoms with E-state index in [9.17, 15) is 4.79 Å². The van der Waals surface area contributed by atoms with E-state index in [1.54, 1.807) is 0 Å². The molecule has 0 amide bonds. The van der Waals surface area contributed by atoms with E-state index in [1.165, 1.54) is 64.7 Å². The molecule has 0 aromatic rings. The van der Waals surface area contributed by atoms with Crippen molar-refractivity contribution in [3.05, 3.63) is 0 Å². The summed E-state index contributed by atoms with van der Waals surface area (Å²) in [6.07, 6.45) is 15.1. The van der Waals surface area contributed by atoms with E-state index in [2.05, 4.69) is 0 Å². The molecular weight excluding hydrogens is 344 g/mol. The van der Waals surface area contributed by atoms with Gasteiger partial charge in [0.1, 0.15) is 6.10 Å². The fourth-order valence-electron chi connectivity index (χ4n) is 2.48. The van der Waals surface area contributed by atoms with E-state index in [0.29, 0.717) is 0 Å². The zero-order valence-electron chi connectivity index (χ0n) is 22.7. The van der Waals surface area contributed by atoms with Crippen LogP contribution < -0.4 is 0 Å². The van der Waals surface area contributed by atoms with Gasteiger partial charge in [0.2, 0.25) is 0 Å². The summed E-state index contributed by atoms with van der Waals surface area (Å²) in [5, 5.41) is 0. The number of hydrogen-bond donors (Lipinski definition) is 0. The maximum absolute atomic E-state index is 10.5. The molecule has 28 heavy (non-hydrogen) atoms. The monoisotopic (exact) mass is 406 g/mol. The summed E-state index contributed by atoms with van der Waals surface area (Å²) >= 11 is 0. The number of ether oxygens (including phenoxy) is 1. The quantitative estimate of drug-likeness (QED) is 0.405. The minimum Gasteiger partial charge on any atom is -0.463 e. The summed E-state index contributed by atoms with van der Waals surface area (Å²) in [5.74, 6) is -0.132. The molecule has 0 aliphatic heterocycles. The van der Waals surface area contributed by atoms with Crippen LogP contribution in [-0.2, 0) is 9.53 Å². The van der Waals surface area contributed by atoms with Gasteiger partial charge < -0.3 is 4.74 Å². The molecule has 2 heteroatoms. The Bertz CT molecular complexity index is 169. The van der Waals surface area contributed by atoms with Crippen LogP contribution in [0.25, 0.3) is 0 Å². The molecule has 0 spiro atoms. The Hall–Kier alpha value is -0.530. The van der Waals surface area contributed by atoms with Gasteiger partial charge in [0.25, 0.3) is 0 Å². The summed E-state index contributed by atoms with van der Waals surface area (Å²) < 4.78 is 5.05. The second-order valence-corrected chi connectivity index (χ2v) is 4.99. The van der Waals surface area contributed by atoms with Crippen molar-refractivity contribution < 1.29 is 9.53 Å². The molecule has 178 valence electrons. The molecule has 0 saturated heterocycles. The van der Waals surface area contributed by atoms with Crippen LogP contribution in [-0.4, -0.2) is 12.1 Å². The van der Waals surface area contributed by atoms with Crippen molar-refractivity contribution >= 4 is 5.97 Å². The third kappa shape index (κ3) is 50.0.